The van der Waals surface area contributed by atoms with E-state index in [4.69, 9.17) is 24.4 Å². The first-order chi connectivity index (χ1) is 42.2. The van der Waals surface area contributed by atoms with Crippen LogP contribution in [0.5, 0.6) is 0 Å². The summed E-state index contributed by atoms with van der Waals surface area (Å²) in [6, 6.07) is 99.8. The first-order valence-electron chi connectivity index (χ1n) is 28.6. The molecule has 400 valence electrons. The molecule has 0 bridgehead atoms. The third-order valence-corrected chi connectivity index (χ3v) is 17.0. The van der Waals surface area contributed by atoms with E-state index in [1.54, 1.807) is 0 Å². The van der Waals surface area contributed by atoms with Crippen LogP contribution < -0.4 is 0 Å². The van der Waals surface area contributed by atoms with Gasteiger partial charge in [0.25, 0.3) is 0 Å². The minimum absolute atomic E-state index is 0. The van der Waals surface area contributed by atoms with Crippen molar-refractivity contribution in [2.24, 2.45) is 0 Å². The molecule has 86 heavy (non-hydrogen) atoms. The molecule has 17 aromatic rings. The van der Waals surface area contributed by atoms with Gasteiger partial charge in [-0.1, -0.05) is 207 Å². The molecule has 0 spiro atoms. The number of benzene rings is 12. The number of para-hydroxylation sites is 1. The van der Waals surface area contributed by atoms with Gasteiger partial charge in [-0.25, -0.2) is 0 Å². The SMILES string of the molecule is [Ir+3].[c-]1cc(-c2ccccc2-c2cc(-c3ccccc3-c3c[c-]c4c(c3)c3ccccc3c3cccnc43)cc(-c3cccc4c5ccccc5c5cc(-c6ccccn6)[c-]cc5c34)c2)c(-c2ccnc3c2oc2ccccc23)cc1-c1ccccn1. The van der Waals surface area contributed by atoms with Crippen LogP contribution in [0.2, 0.25) is 0 Å². The zero-order valence-corrected chi connectivity index (χ0v) is 48.4. The quantitative estimate of drug-likeness (QED) is 0.112. The number of aromatic nitrogens is 4. The Labute approximate surface area is 508 Å². The number of rotatable bonds is 8. The zero-order valence-electron chi connectivity index (χ0n) is 46.0. The molecular weight excluding hydrogens is 1230 g/mol. The van der Waals surface area contributed by atoms with Gasteiger partial charge < -0.3 is 19.4 Å². The summed E-state index contributed by atoms with van der Waals surface area (Å²) in [5.41, 5.74) is 19.4. The third kappa shape index (κ3) is 8.33. The van der Waals surface area contributed by atoms with Gasteiger partial charge in [0.15, 0.2) is 5.58 Å². The Kier molecular flexibility index (Phi) is 12.3. The Morgan fingerprint density at radius 2 is 0.814 bits per heavy atom. The van der Waals surface area contributed by atoms with Gasteiger partial charge in [-0.3, -0.25) is 4.98 Å². The minimum Gasteiger partial charge on any atom is -0.454 e. The topological polar surface area (TPSA) is 64.7 Å². The maximum Gasteiger partial charge on any atom is 3.00 e. The van der Waals surface area contributed by atoms with E-state index in [0.717, 1.165) is 149 Å². The first kappa shape index (κ1) is 50.9. The van der Waals surface area contributed by atoms with Crippen LogP contribution in [0.3, 0.4) is 0 Å². The van der Waals surface area contributed by atoms with E-state index in [9.17, 15) is 0 Å². The molecular formula is C80H45IrN4O. The number of fused-ring (bicyclic) bond motifs is 15. The molecule has 17 rings (SSSR count). The molecule has 0 fully saturated rings. The van der Waals surface area contributed by atoms with Crippen LogP contribution in [-0.4, -0.2) is 19.9 Å². The summed E-state index contributed by atoms with van der Waals surface area (Å²) in [6.07, 6.45) is 7.45. The Bertz CT molecular complexity index is 5530. The van der Waals surface area contributed by atoms with Gasteiger partial charge in [0, 0.05) is 35.7 Å². The van der Waals surface area contributed by atoms with Crippen molar-refractivity contribution in [2.75, 3.05) is 0 Å². The van der Waals surface area contributed by atoms with Crippen molar-refractivity contribution in [1.29, 1.82) is 0 Å². The van der Waals surface area contributed by atoms with Crippen LogP contribution in [0, 0.1) is 18.2 Å². The normalized spacial score (nSPS) is 11.6. The summed E-state index contributed by atoms with van der Waals surface area (Å²) < 4.78 is 6.75. The molecule has 0 aliphatic rings. The second kappa shape index (κ2) is 20.8. The van der Waals surface area contributed by atoms with Gasteiger partial charge in [0.1, 0.15) is 11.1 Å². The molecule has 0 amide bonds. The van der Waals surface area contributed by atoms with Crippen LogP contribution in [0.1, 0.15) is 0 Å². The number of furan rings is 1. The van der Waals surface area contributed by atoms with E-state index < -0.39 is 0 Å². The number of pyridine rings is 4. The smallest absolute Gasteiger partial charge is 0.454 e. The summed E-state index contributed by atoms with van der Waals surface area (Å²) in [7, 11) is 0. The average Bonchev–Trinajstić information content (AvgIpc) is 1.09. The van der Waals surface area contributed by atoms with Crippen molar-refractivity contribution >= 4 is 86.8 Å². The second-order valence-electron chi connectivity index (χ2n) is 21.7. The minimum atomic E-state index is 0. The second-order valence-corrected chi connectivity index (χ2v) is 21.7. The maximum atomic E-state index is 6.75. The van der Waals surface area contributed by atoms with Crippen molar-refractivity contribution < 1.29 is 24.5 Å². The first-order valence-corrected chi connectivity index (χ1v) is 28.6. The summed E-state index contributed by atoms with van der Waals surface area (Å²) >= 11 is 0. The molecule has 12 aromatic carbocycles. The van der Waals surface area contributed by atoms with Crippen molar-refractivity contribution in [3.05, 3.63) is 292 Å². The summed E-state index contributed by atoms with van der Waals surface area (Å²) in [5, 5.41) is 13.6. The average molecular weight is 1270 g/mol. The molecule has 5 heterocycles. The molecule has 0 N–H and O–H groups in total. The molecule has 5 aromatic heterocycles. The Hall–Kier alpha value is -10.8. The molecule has 5 nitrogen and oxygen atoms in total. The van der Waals surface area contributed by atoms with Crippen LogP contribution in [0.15, 0.2) is 278 Å². The third-order valence-electron chi connectivity index (χ3n) is 17.0. The van der Waals surface area contributed by atoms with Gasteiger partial charge in [0.2, 0.25) is 0 Å². The van der Waals surface area contributed by atoms with Gasteiger partial charge >= 0.3 is 20.1 Å². The van der Waals surface area contributed by atoms with Crippen molar-refractivity contribution in [2.45, 2.75) is 0 Å². The van der Waals surface area contributed by atoms with Crippen molar-refractivity contribution in [1.82, 2.24) is 19.9 Å². The fraction of sp³-hybridized carbons (Fsp3) is 0. The van der Waals surface area contributed by atoms with E-state index >= 15 is 0 Å². The molecule has 0 radical (unpaired) electrons. The molecule has 0 saturated heterocycles. The fourth-order valence-corrected chi connectivity index (χ4v) is 13.2. The Morgan fingerprint density at radius 3 is 1.53 bits per heavy atom. The zero-order chi connectivity index (χ0) is 56.0. The number of nitrogens with zero attached hydrogens (tertiary/aromatic N) is 4. The van der Waals surface area contributed by atoms with Crippen LogP contribution in [0.4, 0.5) is 0 Å². The molecule has 6 heteroatoms. The van der Waals surface area contributed by atoms with Crippen molar-refractivity contribution in [3.8, 4) is 89.3 Å². The van der Waals surface area contributed by atoms with Gasteiger partial charge in [-0.05, 0) is 137 Å². The van der Waals surface area contributed by atoms with Crippen LogP contribution in [0.25, 0.3) is 176 Å². The Morgan fingerprint density at radius 1 is 0.279 bits per heavy atom. The van der Waals surface area contributed by atoms with Crippen LogP contribution >= 0.6 is 0 Å². The van der Waals surface area contributed by atoms with E-state index in [-0.39, 0.29) is 20.1 Å². The Balaban J connectivity index is 0.00000600. The molecule has 0 aliphatic carbocycles. The predicted molar refractivity (Wildman–Crippen MR) is 350 cm³/mol. The van der Waals surface area contributed by atoms with Crippen LogP contribution in [-0.2, 0) is 20.1 Å². The summed E-state index contributed by atoms with van der Waals surface area (Å²) in [6.45, 7) is 0. The summed E-state index contributed by atoms with van der Waals surface area (Å²) in [5.74, 6) is 0. The largest absolute Gasteiger partial charge is 3.00 e. The van der Waals surface area contributed by atoms with Gasteiger partial charge in [0.05, 0.1) is 0 Å². The molecule has 0 aliphatic heterocycles. The molecule has 0 atom stereocenters. The molecule has 0 saturated carbocycles. The van der Waals surface area contributed by atoms with Gasteiger partial charge in [-0.2, -0.15) is 0 Å². The van der Waals surface area contributed by atoms with E-state index in [2.05, 4.69) is 212 Å². The van der Waals surface area contributed by atoms with Gasteiger partial charge in [-0.15, -0.1) is 71.1 Å². The van der Waals surface area contributed by atoms with E-state index in [1.165, 1.54) is 26.9 Å². The predicted octanol–water partition coefficient (Wildman–Crippen LogP) is 20.8. The monoisotopic (exact) mass is 1270 g/mol. The standard InChI is InChI=1S/C80H45N4O.Ir/c1-2-18-56(55(17-1)49-32-37-68-72(46-49)63-24-8-6-22-61(63)67-28-16-41-83-78(67)68)52-43-53(45-54(44-52)58-26-15-27-65-60-21-5-7-23-62(60)71-47-51(34-36-66(71)77(58)65)75-30-12-14-40-82-75)57-19-3-4-20-59(57)64-35-33-50(74-29-11-13-39-81-74)48-73(64)69-38-42-84-79-70-25-9-10-31-76(70)85-80(69)79;/h1-32,35-36,38-48H;/q-3;+3. The number of hydrogen-bond donors (Lipinski definition) is 0. The summed E-state index contributed by atoms with van der Waals surface area (Å²) in [4.78, 5) is 19.4. The molecule has 0 unspecified atom stereocenters. The van der Waals surface area contributed by atoms with E-state index in [1.807, 2.05) is 79.4 Å². The number of hydrogen-bond acceptors (Lipinski definition) is 5. The fourth-order valence-electron chi connectivity index (χ4n) is 13.2. The van der Waals surface area contributed by atoms with Crippen molar-refractivity contribution in [3.63, 3.8) is 0 Å². The maximum absolute atomic E-state index is 6.75. The van der Waals surface area contributed by atoms with E-state index in [0.29, 0.717) is 0 Å².